The molecule has 1 aromatic rings. The second-order valence-corrected chi connectivity index (χ2v) is 6.72. The fourth-order valence-corrected chi connectivity index (χ4v) is 2.80. The summed E-state index contributed by atoms with van der Waals surface area (Å²) in [6.07, 6.45) is 1.14. The van der Waals surface area contributed by atoms with Crippen LogP contribution < -0.4 is 5.32 Å². The van der Waals surface area contributed by atoms with Crippen molar-refractivity contribution in [2.24, 2.45) is 0 Å². The summed E-state index contributed by atoms with van der Waals surface area (Å²) in [6, 6.07) is 0. The molecule has 1 N–H and O–H groups in total. The van der Waals surface area contributed by atoms with Gasteiger partial charge in [-0.1, -0.05) is 13.3 Å². The standard InChI is InChI=1S/C14H22N2O3S/c1-6-7-14(4,5)19-13(18)15-8-11(17)12-9(2)20-10(3)16-12/h6-8H2,1-5H3,(H,15,18). The van der Waals surface area contributed by atoms with Gasteiger partial charge in [0.1, 0.15) is 11.3 Å². The van der Waals surface area contributed by atoms with Crippen LogP contribution in [0.2, 0.25) is 0 Å². The van der Waals surface area contributed by atoms with Crippen LogP contribution in [-0.2, 0) is 4.74 Å². The number of nitrogens with zero attached hydrogens (tertiary/aromatic N) is 1. The zero-order chi connectivity index (χ0) is 15.3. The summed E-state index contributed by atoms with van der Waals surface area (Å²) in [5, 5.41) is 3.33. The van der Waals surface area contributed by atoms with E-state index < -0.39 is 11.7 Å². The fourth-order valence-electron chi connectivity index (χ4n) is 1.96. The van der Waals surface area contributed by atoms with Crippen LogP contribution in [0.15, 0.2) is 0 Å². The zero-order valence-corrected chi connectivity index (χ0v) is 13.5. The number of aryl methyl sites for hydroxylation is 2. The first kappa shape index (κ1) is 16.6. The Morgan fingerprint density at radius 2 is 2.00 bits per heavy atom. The molecule has 1 rings (SSSR count). The normalized spacial score (nSPS) is 11.2. The molecule has 0 aliphatic rings. The molecule has 1 heterocycles. The van der Waals surface area contributed by atoms with Gasteiger partial charge in [-0.25, -0.2) is 9.78 Å². The van der Waals surface area contributed by atoms with Gasteiger partial charge in [-0.15, -0.1) is 11.3 Å². The monoisotopic (exact) mass is 298 g/mol. The molecule has 0 spiro atoms. The number of hydrogen-bond donors (Lipinski definition) is 1. The minimum atomic E-state index is -0.568. The van der Waals surface area contributed by atoms with Crippen molar-refractivity contribution in [1.82, 2.24) is 10.3 Å². The van der Waals surface area contributed by atoms with Crippen LogP contribution >= 0.6 is 11.3 Å². The summed E-state index contributed by atoms with van der Waals surface area (Å²) < 4.78 is 5.28. The van der Waals surface area contributed by atoms with Gasteiger partial charge >= 0.3 is 6.09 Å². The van der Waals surface area contributed by atoms with E-state index in [0.29, 0.717) is 5.69 Å². The highest BCUT2D eigenvalue weighted by molar-refractivity contribution is 7.11. The van der Waals surface area contributed by atoms with Gasteiger partial charge in [-0.05, 0) is 34.1 Å². The van der Waals surface area contributed by atoms with Crippen molar-refractivity contribution >= 4 is 23.2 Å². The number of carbonyl (C=O) groups excluding carboxylic acids is 2. The van der Waals surface area contributed by atoms with Crippen LogP contribution in [0.4, 0.5) is 4.79 Å². The fraction of sp³-hybridized carbons (Fsp3) is 0.643. The Morgan fingerprint density at radius 3 is 2.50 bits per heavy atom. The van der Waals surface area contributed by atoms with E-state index in [9.17, 15) is 9.59 Å². The largest absolute Gasteiger partial charge is 0.444 e. The van der Waals surface area contributed by atoms with Crippen molar-refractivity contribution < 1.29 is 14.3 Å². The molecule has 0 fully saturated rings. The number of alkyl carbamates (subject to hydrolysis) is 1. The number of nitrogens with one attached hydrogen (secondary N) is 1. The number of rotatable bonds is 6. The number of ether oxygens (including phenoxy) is 1. The molecule has 0 saturated carbocycles. The lowest BCUT2D eigenvalue weighted by Gasteiger charge is -2.24. The lowest BCUT2D eigenvalue weighted by atomic mass is 10.0. The summed E-state index contributed by atoms with van der Waals surface area (Å²) in [5.74, 6) is -0.197. The molecule has 6 heteroatoms. The summed E-state index contributed by atoms with van der Waals surface area (Å²) in [6.45, 7) is 9.34. The molecule has 0 aliphatic carbocycles. The third-order valence-electron chi connectivity index (χ3n) is 2.78. The van der Waals surface area contributed by atoms with E-state index >= 15 is 0 Å². The maximum absolute atomic E-state index is 11.9. The minimum Gasteiger partial charge on any atom is -0.444 e. The summed E-state index contributed by atoms with van der Waals surface area (Å²) >= 11 is 1.47. The van der Waals surface area contributed by atoms with Crippen molar-refractivity contribution in [3.63, 3.8) is 0 Å². The lowest BCUT2D eigenvalue weighted by Crippen LogP contribution is -2.37. The number of amides is 1. The van der Waals surface area contributed by atoms with Gasteiger partial charge in [-0.2, -0.15) is 0 Å². The SMILES string of the molecule is CCCC(C)(C)OC(=O)NCC(=O)c1nc(C)sc1C. The molecule has 0 aromatic carbocycles. The Bertz CT molecular complexity index is 495. The lowest BCUT2D eigenvalue weighted by molar-refractivity contribution is 0.0321. The first-order chi connectivity index (χ1) is 9.25. The summed E-state index contributed by atoms with van der Waals surface area (Å²) in [4.78, 5) is 28.6. The van der Waals surface area contributed by atoms with Crippen molar-refractivity contribution in [1.29, 1.82) is 0 Å². The smallest absolute Gasteiger partial charge is 0.408 e. The molecule has 1 aromatic heterocycles. The number of carbonyl (C=O) groups is 2. The maximum atomic E-state index is 11.9. The third kappa shape index (κ3) is 4.92. The molecule has 0 aliphatic heterocycles. The molecule has 5 nitrogen and oxygen atoms in total. The van der Waals surface area contributed by atoms with Crippen LogP contribution in [0.5, 0.6) is 0 Å². The number of Topliss-reactive ketones (excluding diaryl/α,β-unsaturated/α-hetero) is 1. The average molecular weight is 298 g/mol. The van der Waals surface area contributed by atoms with Crippen molar-refractivity contribution in [2.75, 3.05) is 6.54 Å². The topological polar surface area (TPSA) is 68.3 Å². The van der Waals surface area contributed by atoms with Gasteiger partial charge in [-0.3, -0.25) is 4.79 Å². The highest BCUT2D eigenvalue weighted by Gasteiger charge is 2.22. The Labute approximate surface area is 123 Å². The van der Waals surface area contributed by atoms with E-state index in [2.05, 4.69) is 10.3 Å². The first-order valence-corrected chi connectivity index (χ1v) is 7.51. The molecular formula is C14H22N2O3S. The van der Waals surface area contributed by atoms with Crippen molar-refractivity contribution in [2.45, 2.75) is 53.1 Å². The Balaban J connectivity index is 2.49. The van der Waals surface area contributed by atoms with Crippen LogP contribution in [0.25, 0.3) is 0 Å². The molecular weight excluding hydrogens is 276 g/mol. The zero-order valence-electron chi connectivity index (χ0n) is 12.7. The van der Waals surface area contributed by atoms with Gasteiger partial charge in [0.2, 0.25) is 5.78 Å². The van der Waals surface area contributed by atoms with Gasteiger partial charge in [0.25, 0.3) is 0 Å². The number of aromatic nitrogens is 1. The Morgan fingerprint density at radius 1 is 1.35 bits per heavy atom. The first-order valence-electron chi connectivity index (χ1n) is 6.69. The molecule has 0 bridgehead atoms. The molecule has 0 saturated heterocycles. The van der Waals surface area contributed by atoms with E-state index in [1.807, 2.05) is 34.6 Å². The average Bonchev–Trinajstić information content (AvgIpc) is 2.64. The van der Waals surface area contributed by atoms with Crippen LogP contribution in [0.1, 0.15) is 54.0 Å². The predicted octanol–water partition coefficient (Wildman–Crippen LogP) is 3.25. The van der Waals surface area contributed by atoms with Gasteiger partial charge in [0.15, 0.2) is 0 Å². The molecule has 20 heavy (non-hydrogen) atoms. The van der Waals surface area contributed by atoms with Crippen molar-refractivity contribution in [3.8, 4) is 0 Å². The van der Waals surface area contributed by atoms with Gasteiger partial charge in [0.05, 0.1) is 11.6 Å². The molecule has 0 unspecified atom stereocenters. The number of thiazole rings is 1. The van der Waals surface area contributed by atoms with E-state index in [0.717, 1.165) is 22.7 Å². The highest BCUT2D eigenvalue weighted by atomic mass is 32.1. The Hall–Kier alpha value is -1.43. The second kappa shape index (κ2) is 6.83. The van der Waals surface area contributed by atoms with Gasteiger partial charge < -0.3 is 10.1 Å². The minimum absolute atomic E-state index is 0.0922. The van der Waals surface area contributed by atoms with Crippen molar-refractivity contribution in [3.05, 3.63) is 15.6 Å². The third-order valence-corrected chi connectivity index (χ3v) is 3.67. The van der Waals surface area contributed by atoms with E-state index in [-0.39, 0.29) is 12.3 Å². The molecule has 0 atom stereocenters. The Kier molecular flexibility index (Phi) is 5.68. The summed E-state index contributed by atoms with van der Waals surface area (Å²) in [7, 11) is 0. The van der Waals surface area contributed by atoms with Crippen LogP contribution in [-0.4, -0.2) is 29.0 Å². The summed E-state index contributed by atoms with van der Waals surface area (Å²) in [5.41, 5.74) is -0.0877. The second-order valence-electron chi connectivity index (χ2n) is 5.31. The number of ketones is 1. The number of hydrogen-bond acceptors (Lipinski definition) is 5. The van der Waals surface area contributed by atoms with Crippen LogP contribution in [0.3, 0.4) is 0 Å². The molecule has 1 amide bonds. The molecule has 0 radical (unpaired) electrons. The van der Waals surface area contributed by atoms with E-state index in [1.54, 1.807) is 0 Å². The molecule has 112 valence electrons. The van der Waals surface area contributed by atoms with Crippen LogP contribution in [0, 0.1) is 13.8 Å². The van der Waals surface area contributed by atoms with Gasteiger partial charge in [0, 0.05) is 4.88 Å². The van der Waals surface area contributed by atoms with E-state index in [4.69, 9.17) is 4.74 Å². The van der Waals surface area contributed by atoms with E-state index in [1.165, 1.54) is 11.3 Å². The highest BCUT2D eigenvalue weighted by Crippen LogP contribution is 2.17. The maximum Gasteiger partial charge on any atom is 0.408 e. The predicted molar refractivity (Wildman–Crippen MR) is 79.4 cm³/mol. The quantitative estimate of drug-likeness (QED) is 0.819.